The molecule has 0 heterocycles. The maximum absolute atomic E-state index is 5.69. The summed E-state index contributed by atoms with van der Waals surface area (Å²) < 4.78 is 5.69. The fraction of sp³-hybridized carbons (Fsp3) is 0.600. The van der Waals surface area contributed by atoms with Gasteiger partial charge in [-0.25, -0.2) is 0 Å². The van der Waals surface area contributed by atoms with Gasteiger partial charge in [0.25, 0.3) is 0 Å². The van der Waals surface area contributed by atoms with E-state index in [9.17, 15) is 0 Å². The van der Waals surface area contributed by atoms with Gasteiger partial charge in [-0.05, 0) is 43.2 Å². The molecule has 17 heavy (non-hydrogen) atoms. The Kier molecular flexibility index (Phi) is 7.34. The lowest BCUT2D eigenvalue weighted by molar-refractivity contribution is 0.288. The molecule has 1 unspecified atom stereocenters. The standard InChI is InChI=1S/C15H23BrO/c1-13(2)11-14(12-16)7-6-10-17-15-8-4-3-5-9-15/h3-5,8-9,13-14H,6-7,10-12H2,1-2H3. The molecule has 0 aromatic heterocycles. The molecule has 1 atom stereocenters. The summed E-state index contributed by atoms with van der Waals surface area (Å²) in [6.45, 7) is 5.40. The average Bonchev–Trinajstić information content (AvgIpc) is 2.34. The van der Waals surface area contributed by atoms with E-state index >= 15 is 0 Å². The maximum Gasteiger partial charge on any atom is 0.119 e. The van der Waals surface area contributed by atoms with Gasteiger partial charge in [0, 0.05) is 5.33 Å². The first-order chi connectivity index (χ1) is 8.22. The summed E-state index contributed by atoms with van der Waals surface area (Å²) in [6, 6.07) is 10.0. The predicted molar refractivity (Wildman–Crippen MR) is 77.9 cm³/mol. The largest absolute Gasteiger partial charge is 0.494 e. The highest BCUT2D eigenvalue weighted by Crippen LogP contribution is 2.19. The number of hydrogen-bond acceptors (Lipinski definition) is 1. The highest BCUT2D eigenvalue weighted by atomic mass is 79.9. The van der Waals surface area contributed by atoms with Crippen LogP contribution in [-0.4, -0.2) is 11.9 Å². The van der Waals surface area contributed by atoms with Gasteiger partial charge in [0.05, 0.1) is 6.61 Å². The van der Waals surface area contributed by atoms with Crippen LogP contribution in [-0.2, 0) is 0 Å². The molecule has 0 radical (unpaired) electrons. The van der Waals surface area contributed by atoms with Crippen molar-refractivity contribution < 1.29 is 4.74 Å². The number of rotatable bonds is 8. The molecule has 0 saturated carbocycles. The van der Waals surface area contributed by atoms with E-state index in [0.717, 1.165) is 35.9 Å². The van der Waals surface area contributed by atoms with Crippen molar-refractivity contribution in [2.75, 3.05) is 11.9 Å². The van der Waals surface area contributed by atoms with E-state index in [4.69, 9.17) is 4.74 Å². The molecule has 0 aliphatic heterocycles. The first-order valence-corrected chi connectivity index (χ1v) is 7.58. The minimum absolute atomic E-state index is 0.785. The molecule has 0 spiro atoms. The first kappa shape index (κ1) is 14.6. The quantitative estimate of drug-likeness (QED) is 0.490. The van der Waals surface area contributed by atoms with Crippen molar-refractivity contribution in [1.82, 2.24) is 0 Å². The Bertz CT molecular complexity index is 284. The summed E-state index contributed by atoms with van der Waals surface area (Å²) in [5.74, 6) is 2.55. The summed E-state index contributed by atoms with van der Waals surface area (Å²) in [7, 11) is 0. The van der Waals surface area contributed by atoms with Crippen LogP contribution >= 0.6 is 15.9 Å². The van der Waals surface area contributed by atoms with E-state index < -0.39 is 0 Å². The zero-order chi connectivity index (χ0) is 12.5. The fourth-order valence-corrected chi connectivity index (χ4v) is 2.59. The third-order valence-electron chi connectivity index (χ3n) is 2.79. The van der Waals surface area contributed by atoms with Crippen LogP contribution in [0.15, 0.2) is 30.3 Å². The molecule has 2 heteroatoms. The normalized spacial score (nSPS) is 12.7. The highest BCUT2D eigenvalue weighted by Gasteiger charge is 2.09. The predicted octanol–water partition coefficient (Wildman–Crippen LogP) is 4.90. The third kappa shape index (κ3) is 6.72. The monoisotopic (exact) mass is 298 g/mol. The van der Waals surface area contributed by atoms with Crippen molar-refractivity contribution in [1.29, 1.82) is 0 Å². The molecule has 0 saturated heterocycles. The van der Waals surface area contributed by atoms with Crippen molar-refractivity contribution >= 4 is 15.9 Å². The molecule has 1 rings (SSSR count). The summed E-state index contributed by atoms with van der Waals surface area (Å²) >= 11 is 3.60. The topological polar surface area (TPSA) is 9.23 Å². The van der Waals surface area contributed by atoms with E-state index in [0.29, 0.717) is 0 Å². The van der Waals surface area contributed by atoms with E-state index in [1.165, 1.54) is 12.8 Å². The highest BCUT2D eigenvalue weighted by molar-refractivity contribution is 9.09. The van der Waals surface area contributed by atoms with Gasteiger partial charge in [0.1, 0.15) is 5.75 Å². The van der Waals surface area contributed by atoms with Gasteiger partial charge in [-0.3, -0.25) is 0 Å². The smallest absolute Gasteiger partial charge is 0.119 e. The number of ether oxygens (including phenoxy) is 1. The van der Waals surface area contributed by atoms with E-state index in [2.05, 4.69) is 29.8 Å². The van der Waals surface area contributed by atoms with Crippen LogP contribution in [0.25, 0.3) is 0 Å². The van der Waals surface area contributed by atoms with Crippen LogP contribution in [0.4, 0.5) is 0 Å². The summed E-state index contributed by atoms with van der Waals surface area (Å²) in [5, 5.41) is 1.11. The van der Waals surface area contributed by atoms with Gasteiger partial charge in [-0.2, -0.15) is 0 Å². The summed E-state index contributed by atoms with van der Waals surface area (Å²) in [4.78, 5) is 0. The SMILES string of the molecule is CC(C)CC(CBr)CCCOc1ccccc1. The molecule has 96 valence electrons. The van der Waals surface area contributed by atoms with Crippen LogP contribution in [0, 0.1) is 11.8 Å². The zero-order valence-corrected chi connectivity index (χ0v) is 12.4. The zero-order valence-electron chi connectivity index (χ0n) is 10.9. The second-order valence-electron chi connectivity index (χ2n) is 4.95. The number of halogens is 1. The molecule has 1 aromatic rings. The molecule has 1 nitrogen and oxygen atoms in total. The number of para-hydroxylation sites is 1. The van der Waals surface area contributed by atoms with Gasteiger partial charge < -0.3 is 4.74 Å². The Morgan fingerprint density at radius 3 is 2.47 bits per heavy atom. The molecule has 0 N–H and O–H groups in total. The molecule has 0 bridgehead atoms. The number of benzene rings is 1. The lowest BCUT2D eigenvalue weighted by atomic mass is 9.95. The minimum Gasteiger partial charge on any atom is -0.494 e. The van der Waals surface area contributed by atoms with Gasteiger partial charge in [-0.15, -0.1) is 0 Å². The molecule has 0 aliphatic rings. The lowest BCUT2D eigenvalue weighted by Crippen LogP contribution is -2.08. The Hall–Kier alpha value is -0.500. The van der Waals surface area contributed by atoms with Crippen LogP contribution < -0.4 is 4.74 Å². The molecule has 0 fully saturated rings. The van der Waals surface area contributed by atoms with Crippen LogP contribution in [0.2, 0.25) is 0 Å². The van der Waals surface area contributed by atoms with E-state index in [1.807, 2.05) is 30.3 Å². The Balaban J connectivity index is 2.14. The van der Waals surface area contributed by atoms with Gasteiger partial charge in [-0.1, -0.05) is 48.0 Å². The Morgan fingerprint density at radius 2 is 1.88 bits per heavy atom. The van der Waals surface area contributed by atoms with Crippen molar-refractivity contribution in [3.05, 3.63) is 30.3 Å². The minimum atomic E-state index is 0.785. The average molecular weight is 299 g/mol. The summed E-state index contributed by atoms with van der Waals surface area (Å²) in [6.07, 6.45) is 3.69. The van der Waals surface area contributed by atoms with Gasteiger partial charge >= 0.3 is 0 Å². The second-order valence-corrected chi connectivity index (χ2v) is 5.60. The second kappa shape index (κ2) is 8.57. The number of alkyl halides is 1. The van der Waals surface area contributed by atoms with Crippen molar-refractivity contribution in [2.45, 2.75) is 33.1 Å². The van der Waals surface area contributed by atoms with Crippen LogP contribution in [0.1, 0.15) is 33.1 Å². The molecule has 0 amide bonds. The third-order valence-corrected chi connectivity index (χ3v) is 3.71. The van der Waals surface area contributed by atoms with Crippen molar-refractivity contribution in [3.8, 4) is 5.75 Å². The lowest BCUT2D eigenvalue weighted by Gasteiger charge is -2.16. The molecule has 1 aromatic carbocycles. The van der Waals surface area contributed by atoms with Crippen LogP contribution in [0.5, 0.6) is 5.75 Å². The molecular formula is C15H23BrO. The maximum atomic E-state index is 5.69. The summed E-state index contributed by atoms with van der Waals surface area (Å²) in [5.41, 5.74) is 0. The van der Waals surface area contributed by atoms with Gasteiger partial charge in [0.2, 0.25) is 0 Å². The van der Waals surface area contributed by atoms with Crippen LogP contribution in [0.3, 0.4) is 0 Å². The fourth-order valence-electron chi connectivity index (χ4n) is 2.00. The van der Waals surface area contributed by atoms with E-state index in [-0.39, 0.29) is 0 Å². The van der Waals surface area contributed by atoms with Gasteiger partial charge in [0.15, 0.2) is 0 Å². The number of hydrogen-bond donors (Lipinski definition) is 0. The Morgan fingerprint density at radius 1 is 1.18 bits per heavy atom. The van der Waals surface area contributed by atoms with E-state index in [1.54, 1.807) is 0 Å². The van der Waals surface area contributed by atoms with Crippen molar-refractivity contribution in [2.24, 2.45) is 11.8 Å². The Labute approximate surface area is 114 Å². The molecule has 0 aliphatic carbocycles. The van der Waals surface area contributed by atoms with Crippen molar-refractivity contribution in [3.63, 3.8) is 0 Å². The molecular weight excluding hydrogens is 276 g/mol. The first-order valence-electron chi connectivity index (χ1n) is 6.46.